The van der Waals surface area contributed by atoms with Crippen LogP contribution in [0.25, 0.3) is 0 Å². The molecule has 0 atom stereocenters. The van der Waals surface area contributed by atoms with Gasteiger partial charge in [0, 0.05) is 0 Å². The van der Waals surface area contributed by atoms with Crippen LogP contribution in [0.1, 0.15) is 47.0 Å². The number of carboxylic acids is 4. The summed E-state index contributed by atoms with van der Waals surface area (Å²) in [6, 6.07) is 0. The van der Waals surface area contributed by atoms with E-state index < -0.39 is 47.5 Å². The Bertz CT molecular complexity index is 489. The van der Waals surface area contributed by atoms with Crippen LogP contribution in [-0.2, 0) is 28.8 Å². The molecule has 0 unspecified atom stereocenters. The first-order valence-electron chi connectivity index (χ1n) is 7.08. The molecule has 1 rings (SSSR count). The lowest BCUT2D eigenvalue weighted by atomic mass is 9.65. The van der Waals surface area contributed by atoms with E-state index in [-0.39, 0.29) is 18.0 Å². The van der Waals surface area contributed by atoms with Gasteiger partial charge < -0.3 is 30.0 Å². The largest absolute Gasteiger partial charge is 0.480 e. The van der Waals surface area contributed by atoms with E-state index in [1.165, 1.54) is 27.7 Å². The second-order valence-electron chi connectivity index (χ2n) is 5.70. The zero-order chi connectivity index (χ0) is 20.6. The molecule has 4 N–H and O–H groups in total. The molecule has 142 valence electrons. The molecule has 1 aliphatic carbocycles. The van der Waals surface area contributed by atoms with E-state index in [4.69, 9.17) is 20.4 Å². The first kappa shape index (κ1) is 24.5. The van der Waals surface area contributed by atoms with Gasteiger partial charge in [-0.15, -0.1) is 0 Å². The molecule has 1 aliphatic rings. The van der Waals surface area contributed by atoms with Crippen LogP contribution in [-0.4, -0.2) is 55.9 Å². The minimum Gasteiger partial charge on any atom is -0.480 e. The van der Waals surface area contributed by atoms with Crippen molar-refractivity contribution in [2.45, 2.75) is 47.0 Å². The standard InChI is InChI=1S/C9H10O8.2C3H6O/c10-4(11)8(5(12)13)2-1-3-9(8,6(14)15)7(16)17;2*1-3(2)4/h1-3H2,(H,10,11)(H,12,13)(H,14,15)(H,16,17);2*1-2H3. The van der Waals surface area contributed by atoms with Crippen LogP contribution in [0, 0.1) is 10.8 Å². The summed E-state index contributed by atoms with van der Waals surface area (Å²) in [5.41, 5.74) is -5.63. The number of carboxylic acid groups (broad SMARTS) is 4. The van der Waals surface area contributed by atoms with Crippen LogP contribution < -0.4 is 0 Å². The Balaban J connectivity index is 0. The molecule has 25 heavy (non-hydrogen) atoms. The van der Waals surface area contributed by atoms with E-state index >= 15 is 0 Å². The second-order valence-corrected chi connectivity index (χ2v) is 5.70. The number of carbonyl (C=O) groups is 6. The molecule has 0 aromatic carbocycles. The molecule has 1 saturated carbocycles. The van der Waals surface area contributed by atoms with Gasteiger partial charge in [0.05, 0.1) is 0 Å². The maximum Gasteiger partial charge on any atom is 0.322 e. The van der Waals surface area contributed by atoms with Crippen molar-refractivity contribution in [2.75, 3.05) is 0 Å². The first-order valence-corrected chi connectivity index (χ1v) is 7.08. The van der Waals surface area contributed by atoms with Crippen LogP contribution in [0.2, 0.25) is 0 Å². The van der Waals surface area contributed by atoms with Crippen LogP contribution in [0.5, 0.6) is 0 Å². The molecule has 0 saturated heterocycles. The van der Waals surface area contributed by atoms with Crippen molar-refractivity contribution >= 4 is 35.4 Å². The van der Waals surface area contributed by atoms with E-state index in [9.17, 15) is 28.8 Å². The Morgan fingerprint density at radius 1 is 0.560 bits per heavy atom. The van der Waals surface area contributed by atoms with Crippen LogP contribution in [0.3, 0.4) is 0 Å². The number of hydrogen-bond acceptors (Lipinski definition) is 6. The van der Waals surface area contributed by atoms with E-state index in [2.05, 4.69) is 0 Å². The van der Waals surface area contributed by atoms with Gasteiger partial charge in [-0.25, -0.2) is 0 Å². The Labute approximate surface area is 143 Å². The van der Waals surface area contributed by atoms with Crippen LogP contribution >= 0.6 is 0 Å². The summed E-state index contributed by atoms with van der Waals surface area (Å²) in [5.74, 6) is -7.42. The highest BCUT2D eigenvalue weighted by Gasteiger charge is 2.73. The summed E-state index contributed by atoms with van der Waals surface area (Å²) in [6.07, 6.45) is -1.12. The third-order valence-corrected chi connectivity index (χ3v) is 3.29. The molecule has 0 spiro atoms. The van der Waals surface area contributed by atoms with Gasteiger partial charge in [-0.1, -0.05) is 0 Å². The summed E-state index contributed by atoms with van der Waals surface area (Å²) in [7, 11) is 0. The Morgan fingerprint density at radius 3 is 0.840 bits per heavy atom. The van der Waals surface area contributed by atoms with Gasteiger partial charge in [0.15, 0.2) is 10.8 Å². The fourth-order valence-corrected chi connectivity index (χ4v) is 2.39. The van der Waals surface area contributed by atoms with Crippen LogP contribution in [0.15, 0.2) is 0 Å². The average Bonchev–Trinajstić information content (AvgIpc) is 2.79. The molecule has 0 aliphatic heterocycles. The molecule has 0 bridgehead atoms. The van der Waals surface area contributed by atoms with Gasteiger partial charge in [0.25, 0.3) is 0 Å². The second kappa shape index (κ2) is 9.50. The average molecular weight is 362 g/mol. The van der Waals surface area contributed by atoms with Crippen molar-refractivity contribution in [3.8, 4) is 0 Å². The monoisotopic (exact) mass is 362 g/mol. The third-order valence-electron chi connectivity index (χ3n) is 3.29. The number of carbonyl (C=O) groups excluding carboxylic acids is 2. The van der Waals surface area contributed by atoms with Crippen molar-refractivity contribution in [1.29, 1.82) is 0 Å². The van der Waals surface area contributed by atoms with Gasteiger partial charge >= 0.3 is 23.9 Å². The topological polar surface area (TPSA) is 183 Å². The summed E-state index contributed by atoms with van der Waals surface area (Å²) >= 11 is 0. The minimum atomic E-state index is -2.81. The van der Waals surface area contributed by atoms with Gasteiger partial charge in [-0.3, -0.25) is 19.2 Å². The van der Waals surface area contributed by atoms with Crippen molar-refractivity contribution in [3.05, 3.63) is 0 Å². The van der Waals surface area contributed by atoms with Gasteiger partial charge in [0.1, 0.15) is 11.6 Å². The highest BCUT2D eigenvalue weighted by molar-refractivity contribution is 6.13. The highest BCUT2D eigenvalue weighted by Crippen LogP contribution is 2.54. The van der Waals surface area contributed by atoms with Gasteiger partial charge in [-0.2, -0.15) is 0 Å². The Kier molecular flexibility index (Phi) is 9.30. The van der Waals surface area contributed by atoms with Gasteiger partial charge in [-0.05, 0) is 47.0 Å². The zero-order valence-corrected chi connectivity index (χ0v) is 14.4. The van der Waals surface area contributed by atoms with Crippen molar-refractivity contribution in [3.63, 3.8) is 0 Å². The van der Waals surface area contributed by atoms with Crippen molar-refractivity contribution in [1.82, 2.24) is 0 Å². The Morgan fingerprint density at radius 2 is 0.720 bits per heavy atom. The smallest absolute Gasteiger partial charge is 0.322 e. The lowest BCUT2D eigenvalue weighted by Crippen LogP contribution is -2.57. The zero-order valence-electron chi connectivity index (χ0n) is 14.4. The van der Waals surface area contributed by atoms with Crippen LogP contribution in [0.4, 0.5) is 0 Å². The molecule has 10 nitrogen and oxygen atoms in total. The normalized spacial score (nSPS) is 16.2. The van der Waals surface area contributed by atoms with E-state index in [0.29, 0.717) is 0 Å². The summed E-state index contributed by atoms with van der Waals surface area (Å²) < 4.78 is 0. The molecule has 0 heterocycles. The molecule has 0 aromatic heterocycles. The lowest BCUT2D eigenvalue weighted by Gasteiger charge is -2.32. The third kappa shape index (κ3) is 5.37. The SMILES string of the molecule is CC(C)=O.CC(C)=O.O=C(O)C1(C(=O)O)CCCC1(C(=O)O)C(=O)O. The lowest BCUT2D eigenvalue weighted by molar-refractivity contribution is -0.191. The van der Waals surface area contributed by atoms with E-state index in [0.717, 1.165) is 0 Å². The van der Waals surface area contributed by atoms with Crippen molar-refractivity contribution in [2.24, 2.45) is 10.8 Å². The summed E-state index contributed by atoms with van der Waals surface area (Å²) in [4.78, 5) is 63.2. The van der Waals surface area contributed by atoms with E-state index in [1.807, 2.05) is 0 Å². The number of rotatable bonds is 4. The number of hydrogen-bond donors (Lipinski definition) is 4. The molecule has 0 aromatic rings. The van der Waals surface area contributed by atoms with Crippen molar-refractivity contribution < 1.29 is 49.2 Å². The molecule has 0 amide bonds. The molecular formula is C15H22O10. The first-order chi connectivity index (χ1) is 11.2. The number of ketones is 2. The predicted octanol–water partition coefficient (Wildman–Crippen LogP) is 0.672. The maximum atomic E-state index is 11.1. The summed E-state index contributed by atoms with van der Waals surface area (Å²) in [5, 5.41) is 35.8. The molecule has 1 fully saturated rings. The predicted molar refractivity (Wildman–Crippen MR) is 82.0 cm³/mol. The fraction of sp³-hybridized carbons (Fsp3) is 0.600. The summed E-state index contributed by atoms with van der Waals surface area (Å²) in [6.45, 7) is 6.11. The number of Topliss-reactive ketones (excluding diaryl/α,β-unsaturated/α-hetero) is 2. The molecular weight excluding hydrogens is 340 g/mol. The van der Waals surface area contributed by atoms with E-state index in [1.54, 1.807) is 0 Å². The minimum absolute atomic E-state index is 0.0861. The molecule has 0 radical (unpaired) electrons. The fourth-order valence-electron chi connectivity index (χ4n) is 2.39. The number of aliphatic carboxylic acids is 4. The maximum absolute atomic E-state index is 11.1. The highest BCUT2D eigenvalue weighted by atomic mass is 16.4. The van der Waals surface area contributed by atoms with Gasteiger partial charge in [0.2, 0.25) is 0 Å². The quantitative estimate of drug-likeness (QED) is 0.518. The Hall–Kier alpha value is -2.78. The molecule has 10 heteroatoms.